The molecule has 1 heterocycles. The Morgan fingerprint density at radius 2 is 2.25 bits per heavy atom. The van der Waals surface area contributed by atoms with E-state index in [0.717, 1.165) is 5.52 Å². The van der Waals surface area contributed by atoms with Gasteiger partial charge in [-0.3, -0.25) is 4.68 Å². The van der Waals surface area contributed by atoms with E-state index in [4.69, 9.17) is 11.6 Å². The molecule has 4 heteroatoms. The third kappa shape index (κ3) is 0.975. The fourth-order valence-corrected chi connectivity index (χ4v) is 1.37. The fraction of sp³-hybridized carbons (Fsp3) is 0.125. The summed E-state index contributed by atoms with van der Waals surface area (Å²) in [5.74, 6) is -0.477. The Balaban J connectivity index is 2.90. The molecule has 0 amide bonds. The summed E-state index contributed by atoms with van der Waals surface area (Å²) in [6.45, 7) is 0. The number of halogens is 2. The normalized spacial score (nSPS) is 10.9. The number of benzene rings is 1. The molecule has 2 rings (SSSR count). The number of hydrogen-bond donors (Lipinski definition) is 0. The average molecular weight is 185 g/mol. The highest BCUT2D eigenvalue weighted by Crippen LogP contribution is 2.20. The SMILES string of the molecule is Cn1nc(F)c2cc(Cl)ccc21. The van der Waals surface area contributed by atoms with Crippen LogP contribution in [0.4, 0.5) is 4.39 Å². The molecule has 2 aromatic rings. The molecule has 0 spiro atoms. The molecule has 0 unspecified atom stereocenters. The van der Waals surface area contributed by atoms with Gasteiger partial charge in [0.1, 0.15) is 0 Å². The van der Waals surface area contributed by atoms with Gasteiger partial charge in [0.05, 0.1) is 10.9 Å². The molecule has 0 N–H and O–H groups in total. The number of aromatic nitrogens is 2. The minimum atomic E-state index is -0.477. The first-order valence-corrected chi connectivity index (χ1v) is 3.84. The van der Waals surface area contributed by atoms with Crippen molar-refractivity contribution in [2.75, 3.05) is 0 Å². The molecule has 0 fully saturated rings. The van der Waals surface area contributed by atoms with E-state index in [1.807, 2.05) is 0 Å². The molecule has 0 aliphatic carbocycles. The molecular formula is C8H6ClFN2. The van der Waals surface area contributed by atoms with Gasteiger partial charge in [0.25, 0.3) is 0 Å². The van der Waals surface area contributed by atoms with Gasteiger partial charge in [0, 0.05) is 12.1 Å². The Bertz CT molecular complexity index is 436. The summed E-state index contributed by atoms with van der Waals surface area (Å²) in [4.78, 5) is 0. The van der Waals surface area contributed by atoms with Gasteiger partial charge in [-0.2, -0.15) is 4.39 Å². The Hall–Kier alpha value is -1.09. The van der Waals surface area contributed by atoms with Crippen LogP contribution in [-0.4, -0.2) is 9.78 Å². The third-order valence-electron chi connectivity index (χ3n) is 1.77. The summed E-state index contributed by atoms with van der Waals surface area (Å²) in [5.41, 5.74) is 0.747. The van der Waals surface area contributed by atoms with E-state index >= 15 is 0 Å². The molecule has 0 aliphatic heterocycles. The number of rotatable bonds is 0. The maximum absolute atomic E-state index is 13.0. The van der Waals surface area contributed by atoms with E-state index in [2.05, 4.69) is 5.10 Å². The Kier molecular flexibility index (Phi) is 1.54. The molecule has 0 atom stereocenters. The summed E-state index contributed by atoms with van der Waals surface area (Å²) >= 11 is 5.70. The quantitative estimate of drug-likeness (QED) is 0.615. The maximum Gasteiger partial charge on any atom is 0.240 e. The van der Waals surface area contributed by atoms with Gasteiger partial charge in [-0.15, -0.1) is 5.10 Å². The molecule has 0 saturated carbocycles. The van der Waals surface area contributed by atoms with Crippen molar-refractivity contribution >= 4 is 22.5 Å². The fourth-order valence-electron chi connectivity index (χ4n) is 1.20. The van der Waals surface area contributed by atoms with Crippen LogP contribution in [0.5, 0.6) is 0 Å². The van der Waals surface area contributed by atoms with Crippen LogP contribution in [0.25, 0.3) is 10.9 Å². The molecule has 1 aromatic carbocycles. The zero-order chi connectivity index (χ0) is 8.72. The number of aryl methyl sites for hydroxylation is 1. The molecule has 0 bridgehead atoms. The predicted molar refractivity (Wildman–Crippen MR) is 45.7 cm³/mol. The van der Waals surface area contributed by atoms with E-state index < -0.39 is 5.95 Å². The second-order valence-electron chi connectivity index (χ2n) is 2.58. The van der Waals surface area contributed by atoms with Crippen LogP contribution in [-0.2, 0) is 7.05 Å². The van der Waals surface area contributed by atoms with Crippen molar-refractivity contribution in [2.24, 2.45) is 7.05 Å². The lowest BCUT2D eigenvalue weighted by Crippen LogP contribution is -1.88. The van der Waals surface area contributed by atoms with E-state index in [-0.39, 0.29) is 0 Å². The first-order valence-electron chi connectivity index (χ1n) is 3.46. The van der Waals surface area contributed by atoms with Gasteiger partial charge in [-0.05, 0) is 18.2 Å². The van der Waals surface area contributed by atoms with Crippen LogP contribution in [0.15, 0.2) is 18.2 Å². The predicted octanol–water partition coefficient (Wildman–Crippen LogP) is 2.37. The van der Waals surface area contributed by atoms with E-state index in [1.54, 1.807) is 25.2 Å². The van der Waals surface area contributed by atoms with Crippen LogP contribution in [0.1, 0.15) is 0 Å². The number of nitrogens with zero attached hydrogens (tertiary/aromatic N) is 2. The monoisotopic (exact) mass is 184 g/mol. The van der Waals surface area contributed by atoms with Gasteiger partial charge >= 0.3 is 0 Å². The van der Waals surface area contributed by atoms with E-state index in [1.165, 1.54) is 4.68 Å². The Morgan fingerprint density at radius 1 is 1.50 bits per heavy atom. The van der Waals surface area contributed by atoms with Crippen molar-refractivity contribution in [3.63, 3.8) is 0 Å². The van der Waals surface area contributed by atoms with Crippen LogP contribution in [0.2, 0.25) is 5.02 Å². The van der Waals surface area contributed by atoms with E-state index in [9.17, 15) is 4.39 Å². The third-order valence-corrected chi connectivity index (χ3v) is 2.00. The highest BCUT2D eigenvalue weighted by atomic mass is 35.5. The van der Waals surface area contributed by atoms with Crippen molar-refractivity contribution in [1.29, 1.82) is 0 Å². The lowest BCUT2D eigenvalue weighted by atomic mass is 10.2. The molecule has 0 radical (unpaired) electrons. The second-order valence-corrected chi connectivity index (χ2v) is 3.01. The lowest BCUT2D eigenvalue weighted by Gasteiger charge is -1.92. The summed E-state index contributed by atoms with van der Waals surface area (Å²) in [6, 6.07) is 5.03. The van der Waals surface area contributed by atoms with Crippen LogP contribution in [0.3, 0.4) is 0 Å². The van der Waals surface area contributed by atoms with Gasteiger partial charge < -0.3 is 0 Å². The average Bonchev–Trinajstić information content (AvgIpc) is 2.28. The second kappa shape index (κ2) is 2.45. The highest BCUT2D eigenvalue weighted by molar-refractivity contribution is 6.31. The van der Waals surface area contributed by atoms with Crippen molar-refractivity contribution < 1.29 is 4.39 Å². The van der Waals surface area contributed by atoms with Gasteiger partial charge in [0.2, 0.25) is 5.95 Å². The zero-order valence-electron chi connectivity index (χ0n) is 6.38. The maximum atomic E-state index is 13.0. The molecule has 0 aliphatic rings. The topological polar surface area (TPSA) is 17.8 Å². The molecule has 62 valence electrons. The van der Waals surface area contributed by atoms with E-state index in [0.29, 0.717) is 10.4 Å². The van der Waals surface area contributed by atoms with Crippen LogP contribution >= 0.6 is 11.6 Å². The van der Waals surface area contributed by atoms with Gasteiger partial charge in [-0.1, -0.05) is 11.6 Å². The van der Waals surface area contributed by atoms with Crippen molar-refractivity contribution in [3.8, 4) is 0 Å². The zero-order valence-corrected chi connectivity index (χ0v) is 7.14. The van der Waals surface area contributed by atoms with Crippen LogP contribution in [0, 0.1) is 5.95 Å². The summed E-state index contributed by atoms with van der Waals surface area (Å²) in [7, 11) is 1.69. The molecular weight excluding hydrogens is 179 g/mol. The van der Waals surface area contributed by atoms with Crippen LogP contribution < -0.4 is 0 Å². The van der Waals surface area contributed by atoms with Gasteiger partial charge in [-0.25, -0.2) is 0 Å². The molecule has 2 nitrogen and oxygen atoms in total. The lowest BCUT2D eigenvalue weighted by molar-refractivity contribution is 0.562. The first-order chi connectivity index (χ1) is 5.68. The smallest absolute Gasteiger partial charge is 0.240 e. The Labute approximate surface area is 73.6 Å². The van der Waals surface area contributed by atoms with Crippen molar-refractivity contribution in [1.82, 2.24) is 9.78 Å². The minimum absolute atomic E-state index is 0.463. The molecule has 0 saturated heterocycles. The first kappa shape index (κ1) is 7.55. The largest absolute Gasteiger partial charge is 0.265 e. The minimum Gasteiger partial charge on any atom is -0.265 e. The van der Waals surface area contributed by atoms with Gasteiger partial charge in [0.15, 0.2) is 0 Å². The Morgan fingerprint density at radius 3 is 3.00 bits per heavy atom. The van der Waals surface area contributed by atoms with Crippen molar-refractivity contribution in [2.45, 2.75) is 0 Å². The number of hydrogen-bond acceptors (Lipinski definition) is 1. The summed E-state index contributed by atoms with van der Waals surface area (Å²) in [5, 5.41) is 4.61. The summed E-state index contributed by atoms with van der Waals surface area (Å²) in [6.07, 6.45) is 0. The highest BCUT2D eigenvalue weighted by Gasteiger charge is 2.06. The molecule has 12 heavy (non-hydrogen) atoms. The molecule has 1 aromatic heterocycles. The summed E-state index contributed by atoms with van der Waals surface area (Å²) < 4.78 is 14.5. The van der Waals surface area contributed by atoms with Crippen molar-refractivity contribution in [3.05, 3.63) is 29.2 Å². The number of fused-ring (bicyclic) bond motifs is 1. The standard InChI is InChI=1S/C8H6ClFN2/c1-12-7-3-2-5(9)4-6(7)8(10)11-12/h2-4H,1H3.